The average molecular weight is 435 g/mol. The quantitative estimate of drug-likeness (QED) is 0.180. The number of rotatable bonds is 5. The average Bonchev–Trinajstić information content (AvgIpc) is 2.58. The number of hydrogen-bond donors (Lipinski definition) is 10. The normalized spacial score (nSPS) is 47.6. The molecule has 2 aliphatic rings. The zero-order valence-corrected chi connectivity index (χ0v) is 14.7. The van der Waals surface area contributed by atoms with Gasteiger partial charge in [0, 0.05) is 0 Å². The molecule has 2 saturated heterocycles. The molecule has 2 fully saturated rings. The van der Waals surface area contributed by atoms with Crippen LogP contribution in [0.5, 0.6) is 0 Å². The summed E-state index contributed by atoms with van der Waals surface area (Å²) in [6.45, 7) is -1.03. The minimum atomic E-state index is -5.17. The topological polar surface area (TPSA) is 264 Å². The van der Waals surface area contributed by atoms with Gasteiger partial charge in [0.2, 0.25) is 5.79 Å². The molecular formula is C12H21NO14S. The maximum absolute atomic E-state index is 11.2. The van der Waals surface area contributed by atoms with E-state index in [9.17, 15) is 49.0 Å². The third-order valence-corrected chi connectivity index (χ3v) is 5.13. The molecule has 2 unspecified atom stereocenters. The van der Waals surface area contributed by atoms with Gasteiger partial charge in [0.05, 0.1) is 6.61 Å². The Labute approximate surface area is 157 Å². The summed E-state index contributed by atoms with van der Waals surface area (Å²) in [6.07, 6.45) is -17.3. The van der Waals surface area contributed by atoms with Gasteiger partial charge in [-0.2, -0.15) is 13.1 Å². The molecule has 0 spiro atoms. The highest BCUT2D eigenvalue weighted by molar-refractivity contribution is 7.83. The Balaban J connectivity index is 2.52. The lowest BCUT2D eigenvalue weighted by molar-refractivity contribution is -0.381. The highest BCUT2D eigenvalue weighted by Crippen LogP contribution is 2.37. The second kappa shape index (κ2) is 8.01. The summed E-state index contributed by atoms with van der Waals surface area (Å²) in [5.74, 6) is -5.06. The number of aliphatic carboxylic acids is 1. The second-order valence-corrected chi connectivity index (χ2v) is 7.62. The summed E-state index contributed by atoms with van der Waals surface area (Å²) in [7, 11) is -5.17. The van der Waals surface area contributed by atoms with Crippen LogP contribution in [0.3, 0.4) is 0 Å². The first-order chi connectivity index (χ1) is 12.7. The van der Waals surface area contributed by atoms with Gasteiger partial charge >= 0.3 is 16.3 Å². The van der Waals surface area contributed by atoms with Crippen LogP contribution < -0.4 is 4.72 Å². The monoisotopic (exact) mass is 435 g/mol. The Hall–Kier alpha value is -1.02. The van der Waals surface area contributed by atoms with Crippen LogP contribution in [0.4, 0.5) is 0 Å². The first-order valence-electron chi connectivity index (χ1n) is 7.79. The Morgan fingerprint density at radius 2 is 1.57 bits per heavy atom. The predicted octanol–water partition coefficient (Wildman–Crippen LogP) is -6.52. The summed E-state index contributed by atoms with van der Waals surface area (Å²) in [5, 5.41) is 78.9. The third-order valence-electron chi connectivity index (χ3n) is 4.58. The van der Waals surface area contributed by atoms with Crippen LogP contribution in [0.2, 0.25) is 0 Å². The van der Waals surface area contributed by atoms with Crippen LogP contribution in [0, 0.1) is 0 Å². The van der Waals surface area contributed by atoms with Crippen molar-refractivity contribution in [2.45, 2.75) is 60.7 Å². The molecule has 2 rings (SSSR count). The van der Waals surface area contributed by atoms with Crippen molar-refractivity contribution >= 4 is 16.3 Å². The van der Waals surface area contributed by atoms with E-state index in [-0.39, 0.29) is 0 Å². The Morgan fingerprint density at radius 1 is 1.00 bits per heavy atom. The fourth-order valence-electron chi connectivity index (χ4n) is 3.18. The number of ether oxygens (including phenoxy) is 2. The maximum Gasteiger partial charge on any atom is 0.335 e. The number of carboxylic acid groups (broad SMARTS) is 1. The van der Waals surface area contributed by atoms with Crippen molar-refractivity contribution in [2.24, 2.45) is 0 Å². The van der Waals surface area contributed by atoms with Gasteiger partial charge < -0.3 is 50.3 Å². The van der Waals surface area contributed by atoms with Crippen LogP contribution in [0.15, 0.2) is 0 Å². The minimum Gasteiger partial charge on any atom is -0.479 e. The summed E-state index contributed by atoms with van der Waals surface area (Å²) >= 11 is 0. The van der Waals surface area contributed by atoms with E-state index >= 15 is 0 Å². The van der Waals surface area contributed by atoms with E-state index in [1.165, 1.54) is 4.72 Å². The Morgan fingerprint density at radius 3 is 2.04 bits per heavy atom. The summed E-state index contributed by atoms with van der Waals surface area (Å²) in [6, 6.07) is -2.36. The molecule has 10 N–H and O–H groups in total. The van der Waals surface area contributed by atoms with Gasteiger partial charge in [-0.1, -0.05) is 0 Å². The van der Waals surface area contributed by atoms with Crippen molar-refractivity contribution in [2.75, 3.05) is 6.61 Å². The van der Waals surface area contributed by atoms with Crippen molar-refractivity contribution in [3.63, 3.8) is 0 Å². The van der Waals surface area contributed by atoms with E-state index in [1.807, 2.05) is 0 Å². The van der Waals surface area contributed by atoms with Gasteiger partial charge in [-0.25, -0.2) is 4.79 Å². The zero-order chi connectivity index (χ0) is 21.6. The van der Waals surface area contributed by atoms with E-state index in [0.29, 0.717) is 0 Å². The van der Waals surface area contributed by atoms with Gasteiger partial charge in [0.1, 0.15) is 48.8 Å². The van der Waals surface area contributed by atoms with Gasteiger partial charge in [0.15, 0.2) is 6.10 Å². The molecule has 2 aliphatic heterocycles. The first-order valence-corrected chi connectivity index (χ1v) is 9.23. The molecule has 16 heteroatoms. The van der Waals surface area contributed by atoms with Crippen molar-refractivity contribution in [3.05, 3.63) is 0 Å². The molecule has 10 atom stereocenters. The largest absolute Gasteiger partial charge is 0.479 e. The minimum absolute atomic E-state index is 1.03. The summed E-state index contributed by atoms with van der Waals surface area (Å²) in [5.41, 5.74) is 0. The standard InChI is InChI=1S/C12H21NO14S/c14-1-2-3(15)6(18)9(13-28(23,24)25)12(22,27-2)10-7(19)4(16)5(17)8(26-10)11(20)21/h2-10,13-19,22H,1H2,(H,20,21)(H,23,24,25)/t2-,3-,4+,5+,6+,7-,8+,9-,10?,12?/m1/s1. The smallest absolute Gasteiger partial charge is 0.335 e. The number of hydrogen-bond acceptors (Lipinski definition) is 12. The van der Waals surface area contributed by atoms with Crippen LogP contribution >= 0.6 is 0 Å². The van der Waals surface area contributed by atoms with Crippen LogP contribution in [0.25, 0.3) is 0 Å². The fraction of sp³-hybridized carbons (Fsp3) is 0.917. The molecule has 164 valence electrons. The molecule has 0 saturated carbocycles. The predicted molar refractivity (Wildman–Crippen MR) is 81.7 cm³/mol. The number of aliphatic hydroxyl groups excluding tert-OH is 6. The van der Waals surface area contributed by atoms with Crippen LogP contribution in [-0.2, 0) is 24.6 Å². The van der Waals surface area contributed by atoms with E-state index in [2.05, 4.69) is 0 Å². The molecule has 15 nitrogen and oxygen atoms in total. The Kier molecular flexibility index (Phi) is 6.66. The molecule has 0 aromatic carbocycles. The molecule has 0 amide bonds. The van der Waals surface area contributed by atoms with Crippen molar-refractivity contribution in [1.29, 1.82) is 0 Å². The molecule has 0 aromatic rings. The lowest BCUT2D eigenvalue weighted by Crippen LogP contribution is -2.78. The molecule has 0 aliphatic carbocycles. The summed E-state index contributed by atoms with van der Waals surface area (Å²) in [4.78, 5) is 11.2. The second-order valence-electron chi connectivity index (χ2n) is 6.43. The maximum atomic E-state index is 11.2. The van der Waals surface area contributed by atoms with Gasteiger partial charge in [-0.3, -0.25) is 4.55 Å². The summed E-state index contributed by atoms with van der Waals surface area (Å²) < 4.78 is 42.6. The van der Waals surface area contributed by atoms with Crippen LogP contribution in [-0.4, -0.2) is 127 Å². The third kappa shape index (κ3) is 4.13. The lowest BCUT2D eigenvalue weighted by Gasteiger charge is -2.53. The molecule has 0 bridgehead atoms. The molecular weight excluding hydrogens is 414 g/mol. The molecule has 0 aromatic heterocycles. The SMILES string of the molecule is O=C(O)[C@H]1OC(C2(O)O[C@H](CO)[C@@H](O)[C@H](O)[C@H]2NS(=O)(=O)O)[C@H](O)[C@@H](O)[C@@H]1O. The molecule has 28 heavy (non-hydrogen) atoms. The van der Waals surface area contributed by atoms with E-state index < -0.39 is 83.5 Å². The van der Waals surface area contributed by atoms with Crippen LogP contribution in [0.1, 0.15) is 0 Å². The fourth-order valence-corrected chi connectivity index (χ4v) is 3.81. The van der Waals surface area contributed by atoms with Crippen molar-refractivity contribution in [1.82, 2.24) is 4.72 Å². The van der Waals surface area contributed by atoms with Gasteiger partial charge in [0.25, 0.3) is 0 Å². The Bertz CT molecular complexity index is 688. The zero-order valence-electron chi connectivity index (χ0n) is 13.9. The number of carbonyl (C=O) groups is 1. The van der Waals surface area contributed by atoms with Crippen molar-refractivity contribution < 1.29 is 68.1 Å². The number of nitrogens with one attached hydrogen (secondary N) is 1. The highest BCUT2D eigenvalue weighted by Gasteiger charge is 2.64. The van der Waals surface area contributed by atoms with Gasteiger partial charge in [-0.15, -0.1) is 0 Å². The highest BCUT2D eigenvalue weighted by atomic mass is 32.2. The number of carboxylic acids is 1. The molecule has 2 heterocycles. The molecule has 0 radical (unpaired) electrons. The number of aliphatic hydroxyl groups is 7. The first kappa shape index (κ1) is 23.3. The van der Waals surface area contributed by atoms with E-state index in [1.54, 1.807) is 0 Å². The van der Waals surface area contributed by atoms with Gasteiger partial charge in [-0.05, 0) is 0 Å². The van der Waals surface area contributed by atoms with E-state index in [4.69, 9.17) is 19.1 Å². The van der Waals surface area contributed by atoms with Crippen molar-refractivity contribution in [3.8, 4) is 0 Å². The lowest BCUT2D eigenvalue weighted by atomic mass is 9.82. The van der Waals surface area contributed by atoms with E-state index in [0.717, 1.165) is 0 Å².